The third-order valence-corrected chi connectivity index (χ3v) is 5.52. The van der Waals surface area contributed by atoms with Gasteiger partial charge in [-0.2, -0.15) is 0 Å². The lowest BCUT2D eigenvalue weighted by atomic mass is 10.00. The maximum absolute atomic E-state index is 14.5. The van der Waals surface area contributed by atoms with E-state index in [0.29, 0.717) is 33.5 Å². The fraction of sp³-hybridized carbons (Fsp3) is 0.344. The van der Waals surface area contributed by atoms with Crippen LogP contribution in [0.25, 0.3) is 11.1 Å². The molecule has 0 radical (unpaired) electrons. The van der Waals surface area contributed by atoms with Gasteiger partial charge in [0.1, 0.15) is 17.0 Å². The van der Waals surface area contributed by atoms with E-state index in [1.165, 1.54) is 12.1 Å². The molecular formula is C32H41FN2O5. The average Bonchev–Trinajstić information content (AvgIpc) is 2.82. The number of ether oxygens (including phenoxy) is 2. The zero-order valence-corrected chi connectivity index (χ0v) is 24.1. The maximum Gasteiger partial charge on any atom is 0.407 e. The van der Waals surface area contributed by atoms with Crippen LogP contribution in [0.15, 0.2) is 60.7 Å². The number of anilines is 1. The molecule has 0 heterocycles. The number of carbonyl (C=O) groups excluding carboxylic acids is 3. The minimum atomic E-state index is -0.646. The van der Waals surface area contributed by atoms with E-state index in [9.17, 15) is 18.8 Å². The van der Waals surface area contributed by atoms with Crippen molar-refractivity contribution in [1.29, 1.82) is 0 Å². The van der Waals surface area contributed by atoms with Gasteiger partial charge in [-0.05, 0) is 107 Å². The Bertz CT molecular complexity index is 1410. The lowest BCUT2D eigenvalue weighted by molar-refractivity contribution is -0.153. The van der Waals surface area contributed by atoms with Crippen molar-refractivity contribution in [2.24, 2.45) is 0 Å². The van der Waals surface area contributed by atoms with E-state index in [4.69, 9.17) is 9.47 Å². The van der Waals surface area contributed by atoms with Crippen LogP contribution >= 0.6 is 0 Å². The van der Waals surface area contributed by atoms with Crippen molar-refractivity contribution in [1.82, 2.24) is 5.32 Å². The summed E-state index contributed by atoms with van der Waals surface area (Å²) in [7, 11) is 0. The summed E-state index contributed by atoms with van der Waals surface area (Å²) in [5.74, 6) is -1.24. The predicted molar refractivity (Wildman–Crippen MR) is 158 cm³/mol. The van der Waals surface area contributed by atoms with E-state index in [1.54, 1.807) is 77.9 Å². The minimum absolute atomic E-state index is 0. The second-order valence-electron chi connectivity index (χ2n) is 11.7. The Labute approximate surface area is 238 Å². The Kier molecular flexibility index (Phi) is 9.35. The van der Waals surface area contributed by atoms with Crippen molar-refractivity contribution >= 4 is 23.7 Å². The highest BCUT2D eigenvalue weighted by Crippen LogP contribution is 2.25. The van der Waals surface area contributed by atoms with Crippen LogP contribution in [0, 0.1) is 12.7 Å². The molecule has 0 aromatic heterocycles. The summed E-state index contributed by atoms with van der Waals surface area (Å²) in [4.78, 5) is 37.7. The summed E-state index contributed by atoms with van der Waals surface area (Å²) < 4.78 is 25.2. The van der Waals surface area contributed by atoms with E-state index >= 15 is 0 Å². The minimum Gasteiger partial charge on any atom is -0.460 e. The van der Waals surface area contributed by atoms with Gasteiger partial charge >= 0.3 is 12.1 Å². The van der Waals surface area contributed by atoms with E-state index < -0.39 is 29.1 Å². The molecule has 8 heteroatoms. The molecule has 0 aliphatic heterocycles. The Hall–Kier alpha value is -4.20. The molecule has 2 N–H and O–H groups in total. The van der Waals surface area contributed by atoms with E-state index in [2.05, 4.69) is 10.6 Å². The van der Waals surface area contributed by atoms with Crippen LogP contribution in [0.3, 0.4) is 0 Å². The molecule has 0 fully saturated rings. The number of rotatable bonds is 7. The SMILES string of the molecule is Cc1ccc(NC(=O)c2cccc(-c3cc(F)cc(CNC(=O)OC(C)(C)C)c3)c2)c(CC(=O)OC(C)(C)C)c1.[HH].[HH]. The molecule has 7 nitrogen and oxygen atoms in total. The van der Waals surface area contributed by atoms with Gasteiger partial charge in [-0.1, -0.05) is 29.8 Å². The second-order valence-corrected chi connectivity index (χ2v) is 11.7. The molecule has 0 saturated heterocycles. The summed E-state index contributed by atoms with van der Waals surface area (Å²) in [6.45, 7) is 12.7. The van der Waals surface area contributed by atoms with Crippen LogP contribution in [0.4, 0.5) is 14.9 Å². The van der Waals surface area contributed by atoms with Crippen LogP contribution in [-0.4, -0.2) is 29.2 Å². The van der Waals surface area contributed by atoms with Gasteiger partial charge in [0.15, 0.2) is 0 Å². The Morgan fingerprint density at radius 3 is 2.23 bits per heavy atom. The summed E-state index contributed by atoms with van der Waals surface area (Å²) in [5, 5.41) is 5.52. The van der Waals surface area contributed by atoms with Crippen LogP contribution in [0.1, 0.15) is 71.4 Å². The smallest absolute Gasteiger partial charge is 0.407 e. The van der Waals surface area contributed by atoms with E-state index in [0.717, 1.165) is 5.56 Å². The van der Waals surface area contributed by atoms with E-state index in [1.807, 2.05) is 19.1 Å². The van der Waals surface area contributed by atoms with Crippen LogP contribution in [-0.2, 0) is 27.2 Å². The normalized spacial score (nSPS) is 11.5. The third kappa shape index (κ3) is 9.52. The molecule has 0 atom stereocenters. The quantitative estimate of drug-likeness (QED) is 0.297. The molecule has 216 valence electrons. The molecule has 0 bridgehead atoms. The molecule has 0 unspecified atom stereocenters. The van der Waals surface area contributed by atoms with Crippen molar-refractivity contribution in [3.8, 4) is 11.1 Å². The average molecular weight is 553 g/mol. The molecule has 0 aliphatic carbocycles. The van der Waals surface area contributed by atoms with Gasteiger partial charge in [0.25, 0.3) is 5.91 Å². The highest BCUT2D eigenvalue weighted by atomic mass is 19.1. The fourth-order valence-electron chi connectivity index (χ4n) is 3.97. The number of benzene rings is 3. The van der Waals surface area contributed by atoms with Gasteiger partial charge in [0.2, 0.25) is 0 Å². The van der Waals surface area contributed by atoms with Crippen molar-refractivity contribution in [3.05, 3.63) is 88.7 Å². The zero-order valence-electron chi connectivity index (χ0n) is 24.1. The first-order valence-electron chi connectivity index (χ1n) is 13.1. The lowest BCUT2D eigenvalue weighted by Gasteiger charge is -2.20. The predicted octanol–water partition coefficient (Wildman–Crippen LogP) is 7.45. The first-order valence-corrected chi connectivity index (χ1v) is 13.1. The van der Waals surface area contributed by atoms with Crippen LogP contribution in [0.5, 0.6) is 0 Å². The molecule has 3 rings (SSSR count). The number of hydrogen-bond donors (Lipinski definition) is 2. The van der Waals surface area contributed by atoms with Crippen LogP contribution in [0.2, 0.25) is 0 Å². The summed E-state index contributed by atoms with van der Waals surface area (Å²) >= 11 is 0. The molecule has 40 heavy (non-hydrogen) atoms. The van der Waals surface area contributed by atoms with E-state index in [-0.39, 0.29) is 21.7 Å². The molecule has 0 aliphatic rings. The molecule has 0 saturated carbocycles. The summed E-state index contributed by atoms with van der Waals surface area (Å²) in [6, 6.07) is 16.7. The molecule has 3 aromatic rings. The number of amides is 2. The molecule has 2 amide bonds. The van der Waals surface area contributed by atoms with Gasteiger partial charge in [-0.15, -0.1) is 0 Å². The Morgan fingerprint density at radius 1 is 0.850 bits per heavy atom. The van der Waals surface area contributed by atoms with Crippen molar-refractivity contribution in [3.63, 3.8) is 0 Å². The summed E-state index contributed by atoms with van der Waals surface area (Å²) in [5.41, 5.74) is 2.92. The lowest BCUT2D eigenvalue weighted by Crippen LogP contribution is -2.32. The molecular weight excluding hydrogens is 511 g/mol. The van der Waals surface area contributed by atoms with Crippen molar-refractivity contribution < 1.29 is 31.1 Å². The maximum atomic E-state index is 14.5. The van der Waals surface area contributed by atoms with Crippen LogP contribution < -0.4 is 10.6 Å². The topological polar surface area (TPSA) is 93.7 Å². The number of nitrogens with one attached hydrogen (secondary N) is 2. The fourth-order valence-corrected chi connectivity index (χ4v) is 3.97. The second kappa shape index (κ2) is 12.3. The Balaban J connectivity index is 0.00000441. The number of halogens is 1. The summed E-state index contributed by atoms with van der Waals surface area (Å²) in [6.07, 6.45) is -0.586. The number of alkyl carbamates (subject to hydrolysis) is 1. The highest BCUT2D eigenvalue weighted by Gasteiger charge is 2.19. The highest BCUT2D eigenvalue weighted by molar-refractivity contribution is 6.05. The molecule has 0 spiro atoms. The van der Waals surface area contributed by atoms with Gasteiger partial charge in [0.05, 0.1) is 6.42 Å². The molecule has 3 aromatic carbocycles. The first kappa shape index (κ1) is 30.3. The third-order valence-electron chi connectivity index (χ3n) is 5.52. The van der Waals surface area contributed by atoms with Gasteiger partial charge in [-0.25, -0.2) is 9.18 Å². The van der Waals surface area contributed by atoms with Gasteiger partial charge < -0.3 is 20.1 Å². The largest absolute Gasteiger partial charge is 0.460 e. The van der Waals surface area contributed by atoms with Crippen molar-refractivity contribution in [2.75, 3.05) is 5.32 Å². The number of aryl methyl sites for hydroxylation is 1. The van der Waals surface area contributed by atoms with Gasteiger partial charge in [-0.3, -0.25) is 9.59 Å². The zero-order chi connectivity index (χ0) is 29.7. The number of esters is 1. The number of hydrogen-bond acceptors (Lipinski definition) is 5. The number of carbonyl (C=O) groups is 3. The standard InChI is InChI=1S/C32H37FN2O5.2H2/c1-20-11-12-27(25(13-20)18-28(36)39-31(2,3)4)35-29(37)23-10-8-9-22(16-23)24-14-21(15-26(33)17-24)19-34-30(38)40-32(5,6)7;;/h8-17H,18-19H2,1-7H3,(H,34,38)(H,35,37);2*1H. The van der Waals surface area contributed by atoms with Gasteiger partial charge in [0, 0.05) is 20.6 Å². The Morgan fingerprint density at radius 2 is 1.55 bits per heavy atom. The van der Waals surface area contributed by atoms with Crippen molar-refractivity contribution in [2.45, 2.75) is 72.6 Å². The monoisotopic (exact) mass is 552 g/mol. The first-order chi connectivity index (χ1) is 18.6.